The number of nitrogens with two attached hydrogens (primary N) is 1. The van der Waals surface area contributed by atoms with Gasteiger partial charge < -0.3 is 5.73 Å². The summed E-state index contributed by atoms with van der Waals surface area (Å²) in [7, 11) is 0. The predicted octanol–water partition coefficient (Wildman–Crippen LogP) is 3.44. The van der Waals surface area contributed by atoms with Gasteiger partial charge in [0.1, 0.15) is 0 Å². The lowest BCUT2D eigenvalue weighted by molar-refractivity contribution is 0.748. The Labute approximate surface area is 93.8 Å². The molecule has 1 saturated carbocycles. The third kappa shape index (κ3) is 1.43. The van der Waals surface area contributed by atoms with Crippen LogP contribution in [0.2, 0.25) is 5.02 Å². The number of hydrogen-bond acceptors (Lipinski definition) is 1. The smallest absolute Gasteiger partial charge is 0.0417 e. The molecule has 0 spiro atoms. The molecular formula is C13H12ClN. The predicted molar refractivity (Wildman–Crippen MR) is 64.1 cm³/mol. The summed E-state index contributed by atoms with van der Waals surface area (Å²) in [5.74, 6) is 0. The summed E-state index contributed by atoms with van der Waals surface area (Å²) < 4.78 is 0. The highest BCUT2D eigenvalue weighted by atomic mass is 35.5. The van der Waals surface area contributed by atoms with Crippen LogP contribution in [0.25, 0.3) is 10.8 Å². The Kier molecular flexibility index (Phi) is 1.82. The van der Waals surface area contributed by atoms with Gasteiger partial charge in [-0.3, -0.25) is 0 Å². The van der Waals surface area contributed by atoms with Crippen molar-refractivity contribution in [2.75, 3.05) is 0 Å². The van der Waals surface area contributed by atoms with Crippen LogP contribution in [-0.4, -0.2) is 0 Å². The van der Waals surface area contributed by atoms with E-state index >= 15 is 0 Å². The molecule has 0 radical (unpaired) electrons. The summed E-state index contributed by atoms with van der Waals surface area (Å²) in [6.45, 7) is 0. The first-order valence-electron chi connectivity index (χ1n) is 5.17. The third-order valence-corrected chi connectivity index (χ3v) is 3.40. The summed E-state index contributed by atoms with van der Waals surface area (Å²) in [6, 6.07) is 12.3. The molecule has 1 fully saturated rings. The minimum atomic E-state index is -0.0761. The average Bonchev–Trinajstić information content (AvgIpc) is 2.96. The van der Waals surface area contributed by atoms with E-state index in [1.165, 1.54) is 16.3 Å². The quantitative estimate of drug-likeness (QED) is 0.778. The number of rotatable bonds is 1. The van der Waals surface area contributed by atoms with Crippen molar-refractivity contribution in [2.24, 2.45) is 5.73 Å². The molecule has 3 rings (SSSR count). The van der Waals surface area contributed by atoms with Crippen LogP contribution in [-0.2, 0) is 5.54 Å². The van der Waals surface area contributed by atoms with Crippen LogP contribution >= 0.6 is 11.6 Å². The zero-order chi connectivity index (χ0) is 10.5. The molecule has 0 aliphatic heterocycles. The lowest BCUT2D eigenvalue weighted by Gasteiger charge is -2.12. The van der Waals surface area contributed by atoms with Crippen LogP contribution in [0, 0.1) is 0 Å². The summed E-state index contributed by atoms with van der Waals surface area (Å²) >= 11 is 5.97. The Balaban J connectivity index is 2.31. The van der Waals surface area contributed by atoms with Gasteiger partial charge in [0.05, 0.1) is 0 Å². The van der Waals surface area contributed by atoms with E-state index in [1.54, 1.807) is 0 Å². The molecule has 2 N–H and O–H groups in total. The summed E-state index contributed by atoms with van der Waals surface area (Å²) in [4.78, 5) is 0. The Morgan fingerprint density at radius 2 is 1.93 bits per heavy atom. The zero-order valence-corrected chi connectivity index (χ0v) is 9.09. The zero-order valence-electron chi connectivity index (χ0n) is 8.33. The molecule has 0 aromatic heterocycles. The molecule has 2 heteroatoms. The monoisotopic (exact) mass is 217 g/mol. The lowest BCUT2D eigenvalue weighted by atomic mass is 9.98. The van der Waals surface area contributed by atoms with Crippen LogP contribution in [0.1, 0.15) is 18.4 Å². The van der Waals surface area contributed by atoms with Crippen LogP contribution < -0.4 is 5.73 Å². The highest BCUT2D eigenvalue weighted by Gasteiger charge is 2.40. The van der Waals surface area contributed by atoms with E-state index in [4.69, 9.17) is 17.3 Å². The van der Waals surface area contributed by atoms with Crippen molar-refractivity contribution in [1.82, 2.24) is 0 Å². The average molecular weight is 218 g/mol. The van der Waals surface area contributed by atoms with Gasteiger partial charge in [-0.2, -0.15) is 0 Å². The van der Waals surface area contributed by atoms with E-state index < -0.39 is 0 Å². The largest absolute Gasteiger partial charge is 0.321 e. The van der Waals surface area contributed by atoms with Gasteiger partial charge in [-0.05, 0) is 41.3 Å². The second-order valence-corrected chi connectivity index (χ2v) is 4.76. The SMILES string of the molecule is NC1(c2cccc3cc(Cl)ccc23)CC1. The van der Waals surface area contributed by atoms with Crippen molar-refractivity contribution < 1.29 is 0 Å². The highest BCUT2D eigenvalue weighted by molar-refractivity contribution is 6.31. The molecular weight excluding hydrogens is 206 g/mol. The first-order chi connectivity index (χ1) is 7.19. The van der Waals surface area contributed by atoms with Gasteiger partial charge in [-0.1, -0.05) is 35.9 Å². The van der Waals surface area contributed by atoms with Gasteiger partial charge >= 0.3 is 0 Å². The van der Waals surface area contributed by atoms with Crippen LogP contribution in [0.5, 0.6) is 0 Å². The molecule has 1 aliphatic rings. The standard InChI is InChI=1S/C13H12ClN/c14-10-4-5-11-9(8-10)2-1-3-12(11)13(15)6-7-13/h1-5,8H,6-7,15H2. The van der Waals surface area contributed by atoms with Gasteiger partial charge in [0.2, 0.25) is 0 Å². The van der Waals surface area contributed by atoms with Gasteiger partial charge in [0.15, 0.2) is 0 Å². The second kappa shape index (κ2) is 2.97. The fraction of sp³-hybridized carbons (Fsp3) is 0.231. The Morgan fingerprint density at radius 1 is 1.13 bits per heavy atom. The van der Waals surface area contributed by atoms with Crippen molar-refractivity contribution in [3.05, 3.63) is 47.0 Å². The van der Waals surface area contributed by atoms with Crippen LogP contribution in [0.15, 0.2) is 36.4 Å². The molecule has 76 valence electrons. The number of benzene rings is 2. The molecule has 2 aromatic carbocycles. The van der Waals surface area contributed by atoms with E-state index in [0.717, 1.165) is 17.9 Å². The summed E-state index contributed by atoms with van der Waals surface area (Å²) in [5, 5.41) is 3.19. The second-order valence-electron chi connectivity index (χ2n) is 4.33. The van der Waals surface area contributed by atoms with E-state index in [1.807, 2.05) is 12.1 Å². The van der Waals surface area contributed by atoms with E-state index in [0.29, 0.717) is 0 Å². The molecule has 0 saturated heterocycles. The maximum Gasteiger partial charge on any atom is 0.0417 e. The first-order valence-corrected chi connectivity index (χ1v) is 5.54. The molecule has 0 amide bonds. The highest BCUT2D eigenvalue weighted by Crippen LogP contribution is 2.45. The minimum Gasteiger partial charge on any atom is -0.321 e. The first kappa shape index (κ1) is 9.20. The lowest BCUT2D eigenvalue weighted by Crippen LogP contribution is -2.18. The maximum absolute atomic E-state index is 6.24. The number of hydrogen-bond donors (Lipinski definition) is 1. The van der Waals surface area contributed by atoms with Gasteiger partial charge in [-0.25, -0.2) is 0 Å². The van der Waals surface area contributed by atoms with Crippen molar-refractivity contribution >= 4 is 22.4 Å². The Bertz CT molecular complexity index is 529. The topological polar surface area (TPSA) is 26.0 Å². The molecule has 0 atom stereocenters. The van der Waals surface area contributed by atoms with E-state index in [-0.39, 0.29) is 5.54 Å². The van der Waals surface area contributed by atoms with Crippen LogP contribution in [0.4, 0.5) is 0 Å². The van der Waals surface area contributed by atoms with Crippen molar-refractivity contribution in [3.8, 4) is 0 Å². The van der Waals surface area contributed by atoms with E-state index in [9.17, 15) is 0 Å². The molecule has 2 aromatic rings. The molecule has 0 unspecified atom stereocenters. The normalized spacial score (nSPS) is 18.0. The Morgan fingerprint density at radius 3 is 2.67 bits per heavy atom. The molecule has 1 nitrogen and oxygen atoms in total. The van der Waals surface area contributed by atoms with E-state index in [2.05, 4.69) is 24.3 Å². The summed E-state index contributed by atoms with van der Waals surface area (Å²) in [5.41, 5.74) is 7.42. The van der Waals surface area contributed by atoms with Crippen molar-refractivity contribution in [2.45, 2.75) is 18.4 Å². The van der Waals surface area contributed by atoms with Crippen molar-refractivity contribution in [3.63, 3.8) is 0 Å². The fourth-order valence-electron chi connectivity index (χ4n) is 2.09. The summed E-state index contributed by atoms with van der Waals surface area (Å²) in [6.07, 6.45) is 2.18. The minimum absolute atomic E-state index is 0.0761. The third-order valence-electron chi connectivity index (χ3n) is 3.17. The van der Waals surface area contributed by atoms with Gasteiger partial charge in [-0.15, -0.1) is 0 Å². The van der Waals surface area contributed by atoms with Gasteiger partial charge in [0.25, 0.3) is 0 Å². The molecule has 0 bridgehead atoms. The molecule has 0 heterocycles. The molecule has 1 aliphatic carbocycles. The number of fused-ring (bicyclic) bond motifs is 1. The van der Waals surface area contributed by atoms with Crippen molar-refractivity contribution in [1.29, 1.82) is 0 Å². The Hall–Kier alpha value is -1.05. The number of halogens is 1. The van der Waals surface area contributed by atoms with Gasteiger partial charge in [0, 0.05) is 10.6 Å². The molecule has 15 heavy (non-hydrogen) atoms. The fourth-order valence-corrected chi connectivity index (χ4v) is 2.27. The van der Waals surface area contributed by atoms with Crippen LogP contribution in [0.3, 0.4) is 0 Å². The maximum atomic E-state index is 6.24.